The Hall–Kier alpha value is -2.08. The van der Waals surface area contributed by atoms with Crippen LogP contribution in [0.2, 0.25) is 0 Å². The van der Waals surface area contributed by atoms with Crippen molar-refractivity contribution >= 4 is 28.1 Å². The maximum Gasteiger partial charge on any atom is 0.309 e. The first-order valence-electron chi connectivity index (χ1n) is 5.64. The molecule has 5 nitrogen and oxygen atoms in total. The van der Waals surface area contributed by atoms with Gasteiger partial charge in [-0.25, -0.2) is 4.98 Å². The van der Waals surface area contributed by atoms with Crippen LogP contribution in [-0.4, -0.2) is 30.2 Å². The number of methoxy groups -OCH3 is 1. The van der Waals surface area contributed by atoms with Gasteiger partial charge in [0, 0.05) is 24.2 Å². The summed E-state index contributed by atoms with van der Waals surface area (Å²) in [7, 11) is 3.51. The standard InChI is InChI=1S/C13H14N2O3S/c1-15(10-4-3-5-11(7-10)18-2)13-14-9(8-19-13)6-12(16)17/h3-5,7-8H,6H2,1-2H3,(H,16,17). The van der Waals surface area contributed by atoms with Gasteiger partial charge >= 0.3 is 5.97 Å². The number of anilines is 2. The lowest BCUT2D eigenvalue weighted by Crippen LogP contribution is -2.09. The molecule has 0 atom stereocenters. The van der Waals surface area contributed by atoms with Gasteiger partial charge in [0.15, 0.2) is 5.13 Å². The monoisotopic (exact) mass is 278 g/mol. The summed E-state index contributed by atoms with van der Waals surface area (Å²) < 4.78 is 5.18. The Bertz CT molecular complexity index is 583. The fourth-order valence-electron chi connectivity index (χ4n) is 1.62. The molecule has 19 heavy (non-hydrogen) atoms. The number of carbonyl (C=O) groups is 1. The smallest absolute Gasteiger partial charge is 0.309 e. The number of thiazole rings is 1. The Morgan fingerprint density at radius 2 is 2.32 bits per heavy atom. The average Bonchev–Trinajstić information content (AvgIpc) is 2.85. The van der Waals surface area contributed by atoms with Gasteiger partial charge in [0.25, 0.3) is 0 Å². The molecule has 1 heterocycles. The number of hydrogen-bond donors (Lipinski definition) is 1. The summed E-state index contributed by atoms with van der Waals surface area (Å²) in [5, 5.41) is 11.3. The highest BCUT2D eigenvalue weighted by atomic mass is 32.1. The molecule has 0 saturated carbocycles. The summed E-state index contributed by atoms with van der Waals surface area (Å²) in [5.74, 6) is -0.104. The second kappa shape index (κ2) is 5.71. The summed E-state index contributed by atoms with van der Waals surface area (Å²) >= 11 is 1.42. The molecule has 0 unspecified atom stereocenters. The maximum absolute atomic E-state index is 10.6. The van der Waals surface area contributed by atoms with Crippen molar-refractivity contribution in [3.63, 3.8) is 0 Å². The summed E-state index contributed by atoms with van der Waals surface area (Å²) in [6, 6.07) is 7.62. The quantitative estimate of drug-likeness (QED) is 0.910. The Labute approximate surface area is 115 Å². The van der Waals surface area contributed by atoms with Gasteiger partial charge in [0.2, 0.25) is 0 Å². The van der Waals surface area contributed by atoms with Crippen LogP contribution in [0.4, 0.5) is 10.8 Å². The molecule has 1 aromatic heterocycles. The van der Waals surface area contributed by atoms with Crippen molar-refractivity contribution in [3.8, 4) is 5.75 Å². The van der Waals surface area contributed by atoms with Crippen LogP contribution in [0.15, 0.2) is 29.6 Å². The molecule has 1 aromatic carbocycles. The third kappa shape index (κ3) is 3.23. The normalized spacial score (nSPS) is 10.2. The Balaban J connectivity index is 2.20. The second-order valence-electron chi connectivity index (χ2n) is 3.95. The first-order chi connectivity index (χ1) is 9.10. The van der Waals surface area contributed by atoms with Crippen molar-refractivity contribution in [1.29, 1.82) is 0 Å². The van der Waals surface area contributed by atoms with Gasteiger partial charge in [-0.15, -0.1) is 11.3 Å². The average molecular weight is 278 g/mol. The largest absolute Gasteiger partial charge is 0.497 e. The SMILES string of the molecule is COc1cccc(N(C)c2nc(CC(=O)O)cs2)c1. The number of benzene rings is 1. The fraction of sp³-hybridized carbons (Fsp3) is 0.231. The third-order valence-electron chi connectivity index (χ3n) is 2.60. The van der Waals surface area contributed by atoms with Crippen molar-refractivity contribution in [2.45, 2.75) is 6.42 Å². The van der Waals surface area contributed by atoms with Crippen LogP contribution < -0.4 is 9.64 Å². The molecule has 0 fully saturated rings. The first-order valence-corrected chi connectivity index (χ1v) is 6.52. The molecule has 2 aromatic rings. The van der Waals surface area contributed by atoms with E-state index in [0.717, 1.165) is 16.6 Å². The molecule has 100 valence electrons. The molecular weight excluding hydrogens is 264 g/mol. The number of rotatable bonds is 5. The zero-order valence-electron chi connectivity index (χ0n) is 10.7. The topological polar surface area (TPSA) is 62.7 Å². The van der Waals surface area contributed by atoms with Crippen molar-refractivity contribution in [2.24, 2.45) is 0 Å². The van der Waals surface area contributed by atoms with Crippen molar-refractivity contribution in [1.82, 2.24) is 4.98 Å². The third-order valence-corrected chi connectivity index (χ3v) is 3.57. The molecule has 0 saturated heterocycles. The van der Waals surface area contributed by atoms with Crippen molar-refractivity contribution < 1.29 is 14.6 Å². The van der Waals surface area contributed by atoms with E-state index in [2.05, 4.69) is 4.98 Å². The number of aliphatic carboxylic acids is 1. The predicted molar refractivity (Wildman–Crippen MR) is 74.5 cm³/mol. The number of ether oxygens (including phenoxy) is 1. The number of carboxylic acids is 1. The van der Waals surface area contributed by atoms with Crippen LogP contribution in [0, 0.1) is 0 Å². The number of aromatic nitrogens is 1. The molecule has 0 spiro atoms. The summed E-state index contributed by atoms with van der Waals surface area (Å²) in [6.07, 6.45) is -0.0531. The molecule has 0 aliphatic rings. The lowest BCUT2D eigenvalue weighted by molar-refractivity contribution is -0.136. The summed E-state index contributed by atoms with van der Waals surface area (Å²) in [6.45, 7) is 0. The zero-order chi connectivity index (χ0) is 13.8. The summed E-state index contributed by atoms with van der Waals surface area (Å²) in [4.78, 5) is 16.8. The minimum Gasteiger partial charge on any atom is -0.497 e. The van der Waals surface area contributed by atoms with Gasteiger partial charge in [-0.05, 0) is 12.1 Å². The van der Waals surface area contributed by atoms with E-state index in [9.17, 15) is 4.79 Å². The van der Waals surface area contributed by atoms with E-state index < -0.39 is 5.97 Å². The number of carboxylic acid groups (broad SMARTS) is 1. The lowest BCUT2D eigenvalue weighted by Gasteiger charge is -2.16. The number of hydrogen-bond acceptors (Lipinski definition) is 5. The van der Waals surface area contributed by atoms with E-state index in [1.165, 1.54) is 11.3 Å². The van der Waals surface area contributed by atoms with Gasteiger partial charge in [0.05, 0.1) is 19.2 Å². The molecule has 0 aliphatic heterocycles. The van der Waals surface area contributed by atoms with Crippen molar-refractivity contribution in [2.75, 3.05) is 19.1 Å². The molecule has 0 amide bonds. The highest BCUT2D eigenvalue weighted by molar-refractivity contribution is 7.13. The van der Waals surface area contributed by atoms with E-state index >= 15 is 0 Å². The Morgan fingerprint density at radius 1 is 1.53 bits per heavy atom. The molecule has 6 heteroatoms. The van der Waals surface area contributed by atoms with E-state index in [4.69, 9.17) is 9.84 Å². The maximum atomic E-state index is 10.6. The molecule has 0 radical (unpaired) electrons. The van der Waals surface area contributed by atoms with Gasteiger partial charge in [-0.1, -0.05) is 6.07 Å². The minimum atomic E-state index is -0.874. The van der Waals surface area contributed by atoms with E-state index in [0.29, 0.717) is 5.69 Å². The van der Waals surface area contributed by atoms with Crippen LogP contribution >= 0.6 is 11.3 Å². The van der Waals surface area contributed by atoms with Crippen molar-refractivity contribution in [3.05, 3.63) is 35.3 Å². The Morgan fingerprint density at radius 3 is 3.00 bits per heavy atom. The van der Waals surface area contributed by atoms with Crippen LogP contribution in [0.25, 0.3) is 0 Å². The van der Waals surface area contributed by atoms with Crippen LogP contribution in [0.3, 0.4) is 0 Å². The molecule has 0 bridgehead atoms. The molecule has 2 rings (SSSR count). The lowest BCUT2D eigenvalue weighted by atomic mass is 10.3. The molecular formula is C13H14N2O3S. The van der Waals surface area contributed by atoms with E-state index in [1.54, 1.807) is 12.5 Å². The van der Waals surface area contributed by atoms with Gasteiger partial charge < -0.3 is 14.7 Å². The Kier molecular flexibility index (Phi) is 4.01. The summed E-state index contributed by atoms with van der Waals surface area (Å²) in [5.41, 5.74) is 1.51. The molecule has 0 aliphatic carbocycles. The predicted octanol–water partition coefficient (Wildman–Crippen LogP) is 2.55. The molecule has 1 N–H and O–H groups in total. The fourth-order valence-corrected chi connectivity index (χ4v) is 2.43. The van der Waals surface area contributed by atoms with Gasteiger partial charge in [0.1, 0.15) is 5.75 Å². The van der Waals surface area contributed by atoms with E-state index in [1.807, 2.05) is 36.2 Å². The van der Waals surface area contributed by atoms with Gasteiger partial charge in [-0.2, -0.15) is 0 Å². The highest BCUT2D eigenvalue weighted by Crippen LogP contribution is 2.29. The van der Waals surface area contributed by atoms with Crippen LogP contribution in [-0.2, 0) is 11.2 Å². The van der Waals surface area contributed by atoms with Crippen LogP contribution in [0.1, 0.15) is 5.69 Å². The highest BCUT2D eigenvalue weighted by Gasteiger charge is 2.11. The van der Waals surface area contributed by atoms with E-state index in [-0.39, 0.29) is 6.42 Å². The second-order valence-corrected chi connectivity index (χ2v) is 4.79. The van der Waals surface area contributed by atoms with Gasteiger partial charge in [-0.3, -0.25) is 4.79 Å². The van der Waals surface area contributed by atoms with Crippen LogP contribution in [0.5, 0.6) is 5.75 Å². The number of nitrogens with zero attached hydrogens (tertiary/aromatic N) is 2. The minimum absolute atomic E-state index is 0.0531. The zero-order valence-corrected chi connectivity index (χ0v) is 11.5. The first kappa shape index (κ1) is 13.4.